The molecule has 0 aliphatic heterocycles. The summed E-state index contributed by atoms with van der Waals surface area (Å²) in [6, 6.07) is 9.58. The molecule has 0 aliphatic rings. The molecule has 19 heavy (non-hydrogen) atoms. The molecule has 0 atom stereocenters. The Bertz CT molecular complexity index is 583. The van der Waals surface area contributed by atoms with Gasteiger partial charge in [-0.05, 0) is 24.1 Å². The Labute approximate surface area is 111 Å². The summed E-state index contributed by atoms with van der Waals surface area (Å²) in [7, 11) is 0. The molecule has 0 bridgehead atoms. The molecule has 1 amide bonds. The monoisotopic (exact) mass is 256 g/mol. The number of anilines is 1. The van der Waals surface area contributed by atoms with Gasteiger partial charge in [0.05, 0.1) is 11.3 Å². The fraction of sp³-hybridized carbons (Fsp3) is 0.143. The number of hydrazine groups is 1. The smallest absolute Gasteiger partial charge is 0.255 e. The molecular weight excluding hydrogens is 240 g/mol. The van der Waals surface area contributed by atoms with Crippen LogP contribution in [0.1, 0.15) is 21.5 Å². The van der Waals surface area contributed by atoms with E-state index in [0.717, 1.165) is 11.1 Å². The average molecular weight is 256 g/mol. The van der Waals surface area contributed by atoms with Gasteiger partial charge in [-0.25, -0.2) is 0 Å². The fourth-order valence-corrected chi connectivity index (χ4v) is 1.78. The van der Waals surface area contributed by atoms with Crippen LogP contribution in [0.5, 0.6) is 0 Å². The van der Waals surface area contributed by atoms with Crippen molar-refractivity contribution < 1.29 is 4.79 Å². The predicted octanol–water partition coefficient (Wildman–Crippen LogP) is 1.61. The van der Waals surface area contributed by atoms with Crippen molar-refractivity contribution in [3.05, 3.63) is 59.4 Å². The summed E-state index contributed by atoms with van der Waals surface area (Å²) in [5.41, 5.74) is 5.70. The normalized spacial score (nSPS) is 10.0. The number of hydrogen-bond donors (Lipinski definition) is 3. The van der Waals surface area contributed by atoms with Gasteiger partial charge in [0.1, 0.15) is 0 Å². The lowest BCUT2D eigenvalue weighted by atomic mass is 10.1. The second kappa shape index (κ2) is 5.97. The van der Waals surface area contributed by atoms with E-state index < -0.39 is 0 Å². The van der Waals surface area contributed by atoms with Crippen LogP contribution in [0.15, 0.2) is 42.7 Å². The molecule has 4 N–H and O–H groups in total. The molecule has 0 spiro atoms. The number of pyridine rings is 1. The average Bonchev–Trinajstić information content (AvgIpc) is 2.46. The second-order valence-electron chi connectivity index (χ2n) is 4.17. The van der Waals surface area contributed by atoms with E-state index in [1.165, 1.54) is 6.20 Å². The summed E-state index contributed by atoms with van der Waals surface area (Å²) < 4.78 is 0. The van der Waals surface area contributed by atoms with E-state index >= 15 is 0 Å². The molecule has 0 aliphatic carbocycles. The largest absolute Gasteiger partial charge is 0.348 e. The summed E-state index contributed by atoms with van der Waals surface area (Å²) in [6.07, 6.45) is 3.07. The maximum atomic E-state index is 12.1. The van der Waals surface area contributed by atoms with Gasteiger partial charge in [0.2, 0.25) is 0 Å². The Morgan fingerprint density at radius 3 is 2.84 bits per heavy atom. The second-order valence-corrected chi connectivity index (χ2v) is 4.17. The highest BCUT2D eigenvalue weighted by molar-refractivity contribution is 5.99. The first-order valence-electron chi connectivity index (χ1n) is 5.95. The number of nitrogens with zero attached hydrogens (tertiary/aromatic N) is 1. The third-order valence-electron chi connectivity index (χ3n) is 2.92. The number of benzene rings is 1. The topological polar surface area (TPSA) is 80.0 Å². The zero-order valence-electron chi connectivity index (χ0n) is 10.7. The van der Waals surface area contributed by atoms with E-state index in [9.17, 15) is 4.79 Å². The standard InChI is InChI=1S/C14H16N4O/c1-10-4-2-3-5-11(10)8-17-14(19)12-9-16-7-6-13(12)18-15/h2-7,9H,8,15H2,1H3,(H,16,18)(H,17,19). The molecule has 0 unspecified atom stereocenters. The van der Waals surface area contributed by atoms with Gasteiger partial charge in [-0.2, -0.15) is 0 Å². The highest BCUT2D eigenvalue weighted by atomic mass is 16.1. The highest BCUT2D eigenvalue weighted by Gasteiger charge is 2.10. The first-order chi connectivity index (χ1) is 9.22. The molecule has 5 nitrogen and oxygen atoms in total. The zero-order chi connectivity index (χ0) is 13.7. The van der Waals surface area contributed by atoms with Gasteiger partial charge in [-0.1, -0.05) is 24.3 Å². The first-order valence-corrected chi connectivity index (χ1v) is 5.95. The fourth-order valence-electron chi connectivity index (χ4n) is 1.78. The summed E-state index contributed by atoms with van der Waals surface area (Å²) in [6.45, 7) is 2.49. The quantitative estimate of drug-likeness (QED) is 0.573. The number of hydrogen-bond acceptors (Lipinski definition) is 4. The van der Waals surface area contributed by atoms with Crippen LogP contribution in [0.25, 0.3) is 0 Å². The van der Waals surface area contributed by atoms with Crippen LogP contribution >= 0.6 is 0 Å². The summed E-state index contributed by atoms with van der Waals surface area (Å²) in [4.78, 5) is 16.0. The maximum Gasteiger partial charge on any atom is 0.255 e. The molecule has 5 heteroatoms. The van der Waals surface area contributed by atoms with E-state index in [1.807, 2.05) is 31.2 Å². The number of aromatic nitrogens is 1. The SMILES string of the molecule is Cc1ccccc1CNC(=O)c1cnccc1NN. The number of carbonyl (C=O) groups excluding carboxylic acids is 1. The van der Waals surface area contributed by atoms with Crippen molar-refractivity contribution >= 4 is 11.6 Å². The van der Waals surface area contributed by atoms with Crippen molar-refractivity contribution in [1.29, 1.82) is 0 Å². The van der Waals surface area contributed by atoms with Gasteiger partial charge in [-0.3, -0.25) is 15.6 Å². The molecule has 0 saturated carbocycles. The zero-order valence-corrected chi connectivity index (χ0v) is 10.7. The van der Waals surface area contributed by atoms with Crippen LogP contribution in [0.4, 0.5) is 5.69 Å². The van der Waals surface area contributed by atoms with E-state index in [4.69, 9.17) is 5.84 Å². The van der Waals surface area contributed by atoms with Crippen LogP contribution in [-0.4, -0.2) is 10.9 Å². The Balaban J connectivity index is 2.08. The first kappa shape index (κ1) is 13.0. The molecule has 2 aromatic rings. The predicted molar refractivity (Wildman–Crippen MR) is 74.4 cm³/mol. The van der Waals surface area contributed by atoms with Crippen molar-refractivity contribution in [2.75, 3.05) is 5.43 Å². The summed E-state index contributed by atoms with van der Waals surface area (Å²) >= 11 is 0. The van der Waals surface area contributed by atoms with Crippen LogP contribution in [0.3, 0.4) is 0 Å². The lowest BCUT2D eigenvalue weighted by Crippen LogP contribution is -2.25. The number of nitrogen functional groups attached to an aromatic ring is 1. The van der Waals surface area contributed by atoms with Crippen LogP contribution < -0.4 is 16.6 Å². The molecule has 98 valence electrons. The van der Waals surface area contributed by atoms with E-state index in [0.29, 0.717) is 17.8 Å². The Morgan fingerprint density at radius 1 is 1.32 bits per heavy atom. The number of nitrogens with two attached hydrogens (primary N) is 1. The molecule has 2 rings (SSSR count). The van der Waals surface area contributed by atoms with Gasteiger partial charge in [-0.15, -0.1) is 0 Å². The molecule has 1 heterocycles. The lowest BCUT2D eigenvalue weighted by molar-refractivity contribution is 0.0951. The number of rotatable bonds is 4. The molecule has 0 saturated heterocycles. The van der Waals surface area contributed by atoms with Crippen LogP contribution in [-0.2, 0) is 6.54 Å². The minimum atomic E-state index is -0.204. The summed E-state index contributed by atoms with van der Waals surface area (Å²) in [5.74, 6) is 5.16. The third kappa shape index (κ3) is 3.08. The van der Waals surface area contributed by atoms with Gasteiger partial charge in [0.25, 0.3) is 5.91 Å². The van der Waals surface area contributed by atoms with Crippen molar-refractivity contribution in [2.45, 2.75) is 13.5 Å². The molecule has 0 fully saturated rings. The Hall–Kier alpha value is -2.40. The minimum absolute atomic E-state index is 0.204. The van der Waals surface area contributed by atoms with Crippen molar-refractivity contribution in [1.82, 2.24) is 10.3 Å². The Morgan fingerprint density at radius 2 is 2.11 bits per heavy atom. The number of aryl methyl sites for hydroxylation is 1. The van der Waals surface area contributed by atoms with Gasteiger partial charge < -0.3 is 10.7 Å². The van der Waals surface area contributed by atoms with Gasteiger partial charge in [0, 0.05) is 18.9 Å². The molecule has 1 aromatic heterocycles. The highest BCUT2D eigenvalue weighted by Crippen LogP contribution is 2.12. The number of nitrogens with one attached hydrogen (secondary N) is 2. The number of amides is 1. The van der Waals surface area contributed by atoms with Crippen LogP contribution in [0.2, 0.25) is 0 Å². The van der Waals surface area contributed by atoms with Gasteiger partial charge >= 0.3 is 0 Å². The van der Waals surface area contributed by atoms with E-state index in [2.05, 4.69) is 15.7 Å². The van der Waals surface area contributed by atoms with Crippen molar-refractivity contribution in [3.8, 4) is 0 Å². The van der Waals surface area contributed by atoms with E-state index in [1.54, 1.807) is 12.3 Å². The van der Waals surface area contributed by atoms with Crippen LogP contribution in [0, 0.1) is 6.92 Å². The van der Waals surface area contributed by atoms with Crippen molar-refractivity contribution in [2.24, 2.45) is 5.84 Å². The Kier molecular flexibility index (Phi) is 4.10. The molecule has 1 aromatic carbocycles. The third-order valence-corrected chi connectivity index (χ3v) is 2.92. The maximum absolute atomic E-state index is 12.1. The summed E-state index contributed by atoms with van der Waals surface area (Å²) in [5, 5.41) is 2.86. The van der Waals surface area contributed by atoms with E-state index in [-0.39, 0.29) is 5.91 Å². The van der Waals surface area contributed by atoms with Crippen molar-refractivity contribution in [3.63, 3.8) is 0 Å². The molecular formula is C14H16N4O. The number of carbonyl (C=O) groups is 1. The minimum Gasteiger partial charge on any atom is -0.348 e. The lowest BCUT2D eigenvalue weighted by Gasteiger charge is -2.10. The molecule has 0 radical (unpaired) electrons. The van der Waals surface area contributed by atoms with Gasteiger partial charge in [0.15, 0.2) is 0 Å².